The van der Waals surface area contributed by atoms with E-state index in [0.29, 0.717) is 0 Å². The van der Waals surface area contributed by atoms with Gasteiger partial charge in [-0.2, -0.15) is 0 Å². The topological polar surface area (TPSA) is 56.3 Å². The highest BCUT2D eigenvalue weighted by Crippen LogP contribution is 2.14. The minimum absolute atomic E-state index is 0. The number of benzene rings is 2. The van der Waals surface area contributed by atoms with Gasteiger partial charge in [-0.05, 0) is 24.3 Å². The number of hydrogen-bond donors (Lipinski definition) is 0. The quantitative estimate of drug-likeness (QED) is 0.515. The van der Waals surface area contributed by atoms with E-state index in [4.69, 9.17) is 0 Å². The molecule has 0 bridgehead atoms. The van der Waals surface area contributed by atoms with Crippen LogP contribution in [-0.2, 0) is 0 Å². The highest BCUT2D eigenvalue weighted by molar-refractivity contribution is 5.85. The first-order valence-corrected chi connectivity index (χ1v) is 4.55. The number of para-hydroxylation sites is 4. The van der Waals surface area contributed by atoms with Crippen LogP contribution in [0.3, 0.4) is 0 Å². The second kappa shape index (κ2) is 3.63. The van der Waals surface area contributed by atoms with E-state index in [-0.39, 0.29) is 6.15 Å². The van der Waals surface area contributed by atoms with E-state index in [0.717, 1.165) is 22.1 Å². The van der Waals surface area contributed by atoms with E-state index < -0.39 is 0 Å². The molecule has 1 heterocycles. The normalized spacial score (nSPS) is 10.1. The molecular weight excluding hydrogens is 186 g/mol. The highest BCUT2D eigenvalue weighted by atomic mass is 14.8. The van der Waals surface area contributed by atoms with Crippen LogP contribution < -0.4 is 6.15 Å². The average Bonchev–Trinajstić information content (AvgIpc) is 2.26. The molecule has 3 heteroatoms. The first-order chi connectivity index (χ1) is 6.93. The Balaban J connectivity index is 0.000000853. The molecule has 0 atom stereocenters. The third kappa shape index (κ3) is 1.53. The number of aromatic nitrogens is 2. The summed E-state index contributed by atoms with van der Waals surface area (Å²) < 4.78 is 0. The summed E-state index contributed by atoms with van der Waals surface area (Å²) in [6.45, 7) is 0. The minimum Gasteiger partial charge on any atom is -0.245 e. The summed E-state index contributed by atoms with van der Waals surface area (Å²) in [5, 5.41) is 0. The molecule has 2 aromatic carbocycles. The molecule has 0 aliphatic rings. The molecule has 1 aromatic heterocycles. The molecule has 0 fully saturated rings. The van der Waals surface area contributed by atoms with Crippen LogP contribution in [0.25, 0.3) is 22.1 Å². The maximum Gasteiger partial charge on any atom is 0.0894 e. The monoisotopic (exact) mass is 194 g/mol. The number of hydrogen-bond acceptors (Lipinski definition) is 2. The van der Waals surface area contributed by atoms with Gasteiger partial charge in [0.15, 0.2) is 0 Å². The Morgan fingerprint density at radius 1 is 0.533 bits per heavy atom. The summed E-state index contributed by atoms with van der Waals surface area (Å²) in [7, 11) is 0. The summed E-state index contributed by atoms with van der Waals surface area (Å²) in [5.74, 6) is 0. The van der Waals surface area contributed by atoms with E-state index in [1.165, 1.54) is 0 Å². The first-order valence-electron chi connectivity index (χ1n) is 4.55. The molecule has 0 aliphatic heterocycles. The lowest BCUT2D eigenvalue weighted by molar-refractivity contribution is 1.39. The lowest BCUT2D eigenvalue weighted by atomic mass is 10.2. The average molecular weight is 194 g/mol. The summed E-state index contributed by atoms with van der Waals surface area (Å²) >= 11 is 0. The van der Waals surface area contributed by atoms with Crippen molar-refractivity contribution < 1.29 is 0 Å². The maximum absolute atomic E-state index is 4.52. The summed E-state index contributed by atoms with van der Waals surface area (Å²) in [5.41, 5.74) is 3.80. The second-order valence-electron chi connectivity index (χ2n) is 3.20. The Morgan fingerprint density at radius 3 is 1.07 bits per heavy atom. The molecule has 0 aliphatic carbocycles. The Labute approximate surface area is 87.4 Å². The van der Waals surface area contributed by atoms with Gasteiger partial charge in [-0.25, -0.2) is 9.97 Å². The van der Waals surface area contributed by atoms with Crippen LogP contribution >= 0.6 is 0 Å². The van der Waals surface area contributed by atoms with E-state index in [1.807, 2.05) is 48.5 Å². The number of nitrogens with zero attached hydrogens (tertiary/aromatic N) is 3. The molecule has 0 saturated heterocycles. The van der Waals surface area contributed by atoms with Crippen LogP contribution in [0.15, 0.2) is 48.5 Å². The molecule has 0 spiro atoms. The van der Waals surface area contributed by atoms with Crippen LogP contribution in [0, 0.1) is 0 Å². The van der Waals surface area contributed by atoms with Crippen molar-refractivity contribution in [1.29, 1.82) is 0 Å². The van der Waals surface area contributed by atoms with E-state index in [1.54, 1.807) is 0 Å². The summed E-state index contributed by atoms with van der Waals surface area (Å²) in [6, 6.07) is 15.8. The Morgan fingerprint density at radius 2 is 0.800 bits per heavy atom. The molecule has 3 nitrogen and oxygen atoms in total. The van der Waals surface area contributed by atoms with Crippen molar-refractivity contribution in [3.05, 3.63) is 48.5 Å². The molecule has 3 radical (unpaired) electrons. The van der Waals surface area contributed by atoms with Crippen LogP contribution in [-0.4, -0.2) is 9.97 Å². The highest BCUT2D eigenvalue weighted by Gasteiger charge is 1.98. The van der Waals surface area contributed by atoms with Gasteiger partial charge in [-0.15, -0.1) is 0 Å². The fourth-order valence-electron chi connectivity index (χ4n) is 1.57. The van der Waals surface area contributed by atoms with E-state index >= 15 is 0 Å². The van der Waals surface area contributed by atoms with Gasteiger partial charge < -0.3 is 0 Å². The smallest absolute Gasteiger partial charge is 0.0894 e. The second-order valence-corrected chi connectivity index (χ2v) is 3.20. The van der Waals surface area contributed by atoms with Gasteiger partial charge >= 0.3 is 0 Å². The molecule has 15 heavy (non-hydrogen) atoms. The molecule has 71 valence electrons. The van der Waals surface area contributed by atoms with Crippen LogP contribution in [0.2, 0.25) is 0 Å². The predicted molar refractivity (Wildman–Crippen MR) is 59.2 cm³/mol. The summed E-state index contributed by atoms with van der Waals surface area (Å²) in [4.78, 5) is 9.03. The van der Waals surface area contributed by atoms with Crippen molar-refractivity contribution in [2.24, 2.45) is 0 Å². The lowest BCUT2D eigenvalue weighted by Crippen LogP contribution is -1.85. The standard InChI is InChI=1S/C12H8N2.N/c1-2-6-10-9(5-1)13-11-7-3-4-8-12(11)14-10;/h1-8H;. The Bertz CT molecular complexity index is 500. The van der Waals surface area contributed by atoms with Crippen molar-refractivity contribution in [2.75, 3.05) is 0 Å². The van der Waals surface area contributed by atoms with Crippen molar-refractivity contribution in [3.63, 3.8) is 0 Å². The summed E-state index contributed by atoms with van der Waals surface area (Å²) in [6.07, 6.45) is 0. The zero-order valence-corrected chi connectivity index (χ0v) is 7.96. The molecule has 0 amide bonds. The largest absolute Gasteiger partial charge is 0.245 e. The first kappa shape index (κ1) is 9.55. The SMILES string of the molecule is [N].c1ccc2nc3ccccc3nc2c1. The van der Waals surface area contributed by atoms with Gasteiger partial charge in [0.1, 0.15) is 0 Å². The lowest BCUT2D eigenvalue weighted by Gasteiger charge is -1.98. The molecule has 3 rings (SSSR count). The molecule has 0 saturated carbocycles. The zero-order chi connectivity index (χ0) is 9.38. The van der Waals surface area contributed by atoms with E-state index in [9.17, 15) is 0 Å². The molecular formula is C12H8N3. The van der Waals surface area contributed by atoms with Crippen LogP contribution in [0.1, 0.15) is 0 Å². The minimum atomic E-state index is 0. The zero-order valence-electron chi connectivity index (χ0n) is 7.96. The third-order valence-corrected chi connectivity index (χ3v) is 2.25. The molecule has 0 N–H and O–H groups in total. The van der Waals surface area contributed by atoms with Gasteiger partial charge in [0.2, 0.25) is 0 Å². The van der Waals surface area contributed by atoms with E-state index in [2.05, 4.69) is 9.97 Å². The van der Waals surface area contributed by atoms with Gasteiger partial charge in [0.05, 0.1) is 22.1 Å². The van der Waals surface area contributed by atoms with Crippen LogP contribution in [0.4, 0.5) is 0 Å². The fourth-order valence-corrected chi connectivity index (χ4v) is 1.57. The van der Waals surface area contributed by atoms with Crippen molar-refractivity contribution in [2.45, 2.75) is 0 Å². The number of rotatable bonds is 0. The van der Waals surface area contributed by atoms with Gasteiger partial charge in [-0.1, -0.05) is 24.3 Å². The van der Waals surface area contributed by atoms with Crippen molar-refractivity contribution in [3.8, 4) is 0 Å². The van der Waals surface area contributed by atoms with Crippen LogP contribution in [0.5, 0.6) is 0 Å². The third-order valence-electron chi connectivity index (χ3n) is 2.25. The fraction of sp³-hybridized carbons (Fsp3) is 0. The maximum atomic E-state index is 4.52. The van der Waals surface area contributed by atoms with Gasteiger partial charge in [-0.3, -0.25) is 0 Å². The van der Waals surface area contributed by atoms with Gasteiger partial charge in [0.25, 0.3) is 0 Å². The Hall–Kier alpha value is -2.00. The number of fused-ring (bicyclic) bond motifs is 2. The molecule has 0 unspecified atom stereocenters. The molecule has 3 aromatic rings. The Kier molecular flexibility index (Phi) is 2.31. The van der Waals surface area contributed by atoms with Crippen molar-refractivity contribution >= 4 is 22.1 Å². The van der Waals surface area contributed by atoms with Gasteiger partial charge in [0, 0.05) is 6.15 Å². The van der Waals surface area contributed by atoms with Crippen molar-refractivity contribution in [1.82, 2.24) is 16.1 Å². The predicted octanol–water partition coefficient (Wildman–Crippen LogP) is 2.30.